The van der Waals surface area contributed by atoms with Crippen LogP contribution in [0.1, 0.15) is 0 Å². The van der Waals surface area contributed by atoms with Crippen molar-refractivity contribution in [1.29, 1.82) is 0 Å². The van der Waals surface area contributed by atoms with Crippen molar-refractivity contribution in [3.63, 3.8) is 0 Å². The SMILES string of the molecule is COc1ccc(NC(=O)n2ccnc2)c([N+](=O)[O-])c1. The molecule has 0 spiro atoms. The third-order valence-corrected chi connectivity index (χ3v) is 2.38. The lowest BCUT2D eigenvalue weighted by atomic mass is 10.2. The first-order chi connectivity index (χ1) is 9.11. The number of ether oxygens (including phenoxy) is 1. The summed E-state index contributed by atoms with van der Waals surface area (Å²) < 4.78 is 6.08. The third-order valence-electron chi connectivity index (χ3n) is 2.38. The number of amides is 1. The summed E-state index contributed by atoms with van der Waals surface area (Å²) in [6.07, 6.45) is 4.16. The molecular weight excluding hydrogens is 252 g/mol. The number of methoxy groups -OCH3 is 1. The van der Waals surface area contributed by atoms with Gasteiger partial charge in [-0.3, -0.25) is 14.7 Å². The summed E-state index contributed by atoms with van der Waals surface area (Å²) in [5.41, 5.74) is -0.155. The van der Waals surface area contributed by atoms with E-state index < -0.39 is 11.0 Å². The van der Waals surface area contributed by atoms with Crippen LogP contribution >= 0.6 is 0 Å². The number of hydrogen-bond acceptors (Lipinski definition) is 5. The number of benzene rings is 1. The molecule has 0 fully saturated rings. The van der Waals surface area contributed by atoms with E-state index in [1.54, 1.807) is 0 Å². The zero-order chi connectivity index (χ0) is 13.8. The van der Waals surface area contributed by atoms with Crippen molar-refractivity contribution in [2.75, 3.05) is 12.4 Å². The maximum absolute atomic E-state index is 11.8. The van der Waals surface area contributed by atoms with Crippen LogP contribution in [0.5, 0.6) is 5.75 Å². The van der Waals surface area contributed by atoms with Crippen molar-refractivity contribution in [2.24, 2.45) is 0 Å². The molecule has 2 rings (SSSR count). The standard InChI is InChI=1S/C11H10N4O4/c1-19-8-2-3-9(10(6-8)15(17)18)13-11(16)14-5-4-12-7-14/h2-7H,1H3,(H,13,16). The van der Waals surface area contributed by atoms with Gasteiger partial charge >= 0.3 is 6.03 Å². The lowest BCUT2D eigenvalue weighted by molar-refractivity contribution is -0.384. The van der Waals surface area contributed by atoms with Gasteiger partial charge in [-0.2, -0.15) is 0 Å². The number of carbonyl (C=O) groups excluding carboxylic acids is 1. The van der Waals surface area contributed by atoms with E-state index in [0.29, 0.717) is 5.75 Å². The minimum absolute atomic E-state index is 0.0875. The van der Waals surface area contributed by atoms with Crippen LogP contribution in [0.2, 0.25) is 0 Å². The van der Waals surface area contributed by atoms with Crippen LogP contribution < -0.4 is 10.1 Å². The van der Waals surface area contributed by atoms with Gasteiger partial charge in [-0.05, 0) is 12.1 Å². The first-order valence-electron chi connectivity index (χ1n) is 5.23. The van der Waals surface area contributed by atoms with E-state index in [9.17, 15) is 14.9 Å². The molecule has 2 aromatic rings. The molecule has 0 saturated heterocycles. The number of imidazole rings is 1. The fourth-order valence-electron chi connectivity index (χ4n) is 1.45. The highest BCUT2D eigenvalue weighted by Crippen LogP contribution is 2.28. The molecule has 0 radical (unpaired) electrons. The normalized spacial score (nSPS) is 9.95. The topological polar surface area (TPSA) is 99.3 Å². The van der Waals surface area contributed by atoms with Crippen molar-refractivity contribution >= 4 is 17.4 Å². The number of nitro groups is 1. The largest absolute Gasteiger partial charge is 0.496 e. The van der Waals surface area contributed by atoms with Gasteiger partial charge in [0.2, 0.25) is 0 Å². The molecule has 0 saturated carbocycles. The first-order valence-corrected chi connectivity index (χ1v) is 5.23. The smallest absolute Gasteiger partial charge is 0.331 e. The summed E-state index contributed by atoms with van der Waals surface area (Å²) in [4.78, 5) is 25.8. The quantitative estimate of drug-likeness (QED) is 0.672. The minimum atomic E-state index is -0.591. The third kappa shape index (κ3) is 2.68. The van der Waals surface area contributed by atoms with Crippen LogP contribution in [-0.4, -0.2) is 27.6 Å². The molecule has 8 nitrogen and oxygen atoms in total. The van der Waals surface area contributed by atoms with Gasteiger partial charge in [0, 0.05) is 12.4 Å². The molecule has 8 heteroatoms. The number of nitrogens with zero attached hydrogens (tertiary/aromatic N) is 3. The van der Waals surface area contributed by atoms with Gasteiger partial charge in [-0.15, -0.1) is 0 Å². The molecule has 0 bridgehead atoms. The number of aromatic nitrogens is 2. The fourth-order valence-corrected chi connectivity index (χ4v) is 1.45. The second kappa shape index (κ2) is 5.17. The average Bonchev–Trinajstić information content (AvgIpc) is 2.92. The Hall–Kier alpha value is -2.90. The van der Waals surface area contributed by atoms with E-state index in [1.807, 2.05) is 0 Å². The first kappa shape index (κ1) is 12.6. The van der Waals surface area contributed by atoms with E-state index in [0.717, 1.165) is 0 Å². The van der Waals surface area contributed by atoms with Crippen LogP contribution in [0.4, 0.5) is 16.2 Å². The number of carbonyl (C=O) groups is 1. The lowest BCUT2D eigenvalue weighted by Gasteiger charge is -2.07. The molecule has 0 atom stereocenters. The maximum atomic E-state index is 11.8. The Balaban J connectivity index is 2.29. The molecule has 0 aliphatic carbocycles. The molecule has 98 valence electrons. The summed E-state index contributed by atoms with van der Waals surface area (Å²) in [5, 5.41) is 13.4. The van der Waals surface area contributed by atoms with E-state index in [1.165, 1.54) is 48.6 Å². The Kier molecular flexibility index (Phi) is 3.42. The molecule has 1 aromatic carbocycles. The summed E-state index contributed by atoms with van der Waals surface area (Å²) in [6, 6.07) is 3.64. The van der Waals surface area contributed by atoms with Gasteiger partial charge in [0.15, 0.2) is 0 Å². The van der Waals surface area contributed by atoms with Crippen LogP contribution in [0.15, 0.2) is 36.9 Å². The van der Waals surface area contributed by atoms with Crippen molar-refractivity contribution in [1.82, 2.24) is 9.55 Å². The molecule has 1 N–H and O–H groups in total. The second-order valence-corrected chi connectivity index (χ2v) is 3.54. The van der Waals surface area contributed by atoms with Crippen molar-refractivity contribution in [3.8, 4) is 5.75 Å². The molecule has 1 amide bonds. The molecule has 1 aromatic heterocycles. The van der Waals surface area contributed by atoms with Crippen molar-refractivity contribution < 1.29 is 14.5 Å². The van der Waals surface area contributed by atoms with E-state index in [4.69, 9.17) is 4.74 Å². The number of rotatable bonds is 3. The van der Waals surface area contributed by atoms with E-state index in [-0.39, 0.29) is 11.4 Å². The summed E-state index contributed by atoms with van der Waals surface area (Å²) in [5.74, 6) is 0.340. The average molecular weight is 262 g/mol. The molecular formula is C11H10N4O4. The van der Waals surface area contributed by atoms with Gasteiger partial charge in [0.05, 0.1) is 18.1 Å². The monoisotopic (exact) mass is 262 g/mol. The van der Waals surface area contributed by atoms with Gasteiger partial charge in [-0.25, -0.2) is 9.78 Å². The van der Waals surface area contributed by atoms with Crippen LogP contribution in [0.25, 0.3) is 0 Å². The molecule has 1 heterocycles. The summed E-state index contributed by atoms with van der Waals surface area (Å²) in [6.45, 7) is 0. The van der Waals surface area contributed by atoms with Gasteiger partial charge in [-0.1, -0.05) is 0 Å². The van der Waals surface area contributed by atoms with Crippen molar-refractivity contribution in [2.45, 2.75) is 0 Å². The molecule has 0 unspecified atom stereocenters. The van der Waals surface area contributed by atoms with Gasteiger partial charge in [0.25, 0.3) is 5.69 Å². The van der Waals surface area contributed by atoms with Gasteiger partial charge < -0.3 is 10.1 Å². The molecule has 19 heavy (non-hydrogen) atoms. The summed E-state index contributed by atoms with van der Waals surface area (Å²) in [7, 11) is 1.41. The zero-order valence-electron chi connectivity index (χ0n) is 9.94. The highest BCUT2D eigenvalue weighted by Gasteiger charge is 2.17. The highest BCUT2D eigenvalue weighted by molar-refractivity contribution is 5.93. The predicted molar refractivity (Wildman–Crippen MR) is 66.3 cm³/mol. The maximum Gasteiger partial charge on any atom is 0.331 e. The van der Waals surface area contributed by atoms with Crippen LogP contribution in [0, 0.1) is 10.1 Å². The lowest BCUT2D eigenvalue weighted by Crippen LogP contribution is -2.18. The zero-order valence-corrected chi connectivity index (χ0v) is 9.94. The Labute approximate surface area is 107 Å². The Bertz CT molecular complexity index is 609. The second-order valence-electron chi connectivity index (χ2n) is 3.54. The minimum Gasteiger partial charge on any atom is -0.496 e. The fraction of sp³-hybridized carbons (Fsp3) is 0.0909. The summed E-state index contributed by atoms with van der Waals surface area (Å²) >= 11 is 0. The molecule has 0 aliphatic rings. The number of hydrogen-bond donors (Lipinski definition) is 1. The number of anilines is 1. The number of nitrogens with one attached hydrogen (secondary N) is 1. The Morgan fingerprint density at radius 3 is 2.89 bits per heavy atom. The highest BCUT2D eigenvalue weighted by atomic mass is 16.6. The van der Waals surface area contributed by atoms with E-state index in [2.05, 4.69) is 10.3 Å². The predicted octanol–water partition coefficient (Wildman–Crippen LogP) is 1.88. The molecule has 0 aliphatic heterocycles. The number of nitro benzene ring substituents is 1. The van der Waals surface area contributed by atoms with E-state index >= 15 is 0 Å². The van der Waals surface area contributed by atoms with Crippen LogP contribution in [-0.2, 0) is 0 Å². The van der Waals surface area contributed by atoms with Gasteiger partial charge in [0.1, 0.15) is 17.8 Å². The Morgan fingerprint density at radius 1 is 1.53 bits per heavy atom. The van der Waals surface area contributed by atoms with Crippen LogP contribution in [0.3, 0.4) is 0 Å². The Morgan fingerprint density at radius 2 is 2.32 bits per heavy atom. The van der Waals surface area contributed by atoms with Crippen molar-refractivity contribution in [3.05, 3.63) is 47.0 Å².